The Morgan fingerprint density at radius 1 is 0.857 bits per heavy atom. The average Bonchev–Trinajstić information content (AvgIpc) is 2.54. The number of piperidine rings is 2. The van der Waals surface area contributed by atoms with Gasteiger partial charge in [-0.1, -0.05) is 19.3 Å². The molecule has 2 aliphatic heterocycles. The van der Waals surface area contributed by atoms with E-state index in [1.165, 1.54) is 25.7 Å². The van der Waals surface area contributed by atoms with Gasteiger partial charge in [-0.25, -0.2) is 0 Å². The summed E-state index contributed by atoms with van der Waals surface area (Å²) in [6.07, 6.45) is 9.90. The number of rotatable bonds is 3. The van der Waals surface area contributed by atoms with Crippen LogP contribution >= 0.6 is 0 Å². The molecule has 6 heteroatoms. The fourth-order valence-electron chi connectivity index (χ4n) is 4.51. The first-order chi connectivity index (χ1) is 10.1. The Morgan fingerprint density at radius 2 is 1.52 bits per heavy atom. The minimum absolute atomic E-state index is 0.00715. The molecule has 0 aromatic rings. The van der Waals surface area contributed by atoms with Crippen molar-refractivity contribution >= 4 is 10.2 Å². The lowest BCUT2D eigenvalue weighted by Crippen LogP contribution is -2.58. The van der Waals surface area contributed by atoms with Gasteiger partial charge in [0, 0.05) is 31.7 Å². The van der Waals surface area contributed by atoms with Crippen molar-refractivity contribution < 1.29 is 8.42 Å². The van der Waals surface area contributed by atoms with Crippen LogP contribution in [-0.4, -0.2) is 48.7 Å². The van der Waals surface area contributed by atoms with Gasteiger partial charge in [0.25, 0.3) is 10.2 Å². The van der Waals surface area contributed by atoms with Crippen molar-refractivity contribution in [3.8, 4) is 0 Å². The first-order valence-electron chi connectivity index (χ1n) is 8.63. The lowest BCUT2D eigenvalue weighted by atomic mass is 9.79. The summed E-state index contributed by atoms with van der Waals surface area (Å²) in [5.41, 5.74) is 5.83. The normalized spacial score (nSPS) is 36.3. The van der Waals surface area contributed by atoms with Gasteiger partial charge in [-0.15, -0.1) is 0 Å². The summed E-state index contributed by atoms with van der Waals surface area (Å²) >= 11 is 0. The molecule has 0 bridgehead atoms. The SMILES string of the molecule is NCC1CCCCN1S(=O)(=O)N1CCCC2CCCCC21. The standard InChI is InChI=1S/C15H29N3O2S/c16-12-14-8-3-4-10-17(14)21(19,20)18-11-5-7-13-6-1-2-9-15(13)18/h13-15H,1-12,16H2. The molecular weight excluding hydrogens is 286 g/mol. The van der Waals surface area contributed by atoms with Gasteiger partial charge in [-0.05, 0) is 44.4 Å². The van der Waals surface area contributed by atoms with E-state index in [4.69, 9.17) is 5.73 Å². The molecule has 0 radical (unpaired) electrons. The predicted molar refractivity (Wildman–Crippen MR) is 84.0 cm³/mol. The molecule has 0 aromatic carbocycles. The van der Waals surface area contributed by atoms with E-state index in [2.05, 4.69) is 0 Å². The van der Waals surface area contributed by atoms with Crippen LogP contribution in [0.4, 0.5) is 0 Å². The third-order valence-corrected chi connectivity index (χ3v) is 7.75. The van der Waals surface area contributed by atoms with Crippen LogP contribution in [0.1, 0.15) is 57.8 Å². The van der Waals surface area contributed by atoms with E-state index in [-0.39, 0.29) is 12.1 Å². The van der Waals surface area contributed by atoms with Gasteiger partial charge in [0.2, 0.25) is 0 Å². The Kier molecular flexibility index (Phi) is 4.88. The largest absolute Gasteiger partial charge is 0.329 e. The van der Waals surface area contributed by atoms with Crippen molar-refractivity contribution in [2.24, 2.45) is 11.7 Å². The second-order valence-corrected chi connectivity index (χ2v) is 8.70. The van der Waals surface area contributed by atoms with Crippen molar-refractivity contribution in [1.29, 1.82) is 0 Å². The molecule has 21 heavy (non-hydrogen) atoms. The van der Waals surface area contributed by atoms with Crippen LogP contribution in [0.25, 0.3) is 0 Å². The molecular formula is C15H29N3O2S. The summed E-state index contributed by atoms with van der Waals surface area (Å²) in [7, 11) is -3.33. The molecule has 2 saturated heterocycles. The minimum Gasteiger partial charge on any atom is -0.329 e. The molecule has 3 fully saturated rings. The quantitative estimate of drug-likeness (QED) is 0.862. The van der Waals surface area contributed by atoms with Crippen LogP contribution in [0, 0.1) is 5.92 Å². The smallest absolute Gasteiger partial charge is 0.282 e. The highest BCUT2D eigenvalue weighted by Gasteiger charge is 2.43. The van der Waals surface area contributed by atoms with Crippen LogP contribution in [0.3, 0.4) is 0 Å². The van der Waals surface area contributed by atoms with Crippen molar-refractivity contribution in [2.75, 3.05) is 19.6 Å². The van der Waals surface area contributed by atoms with Crippen LogP contribution < -0.4 is 5.73 Å². The highest BCUT2D eigenvalue weighted by molar-refractivity contribution is 7.86. The Balaban J connectivity index is 1.82. The topological polar surface area (TPSA) is 66.6 Å². The molecule has 1 aliphatic carbocycles. The van der Waals surface area contributed by atoms with Gasteiger partial charge in [0.05, 0.1) is 0 Å². The summed E-state index contributed by atoms with van der Waals surface area (Å²) in [6, 6.07) is 0.255. The van der Waals surface area contributed by atoms with Crippen LogP contribution in [0.5, 0.6) is 0 Å². The number of nitrogens with zero attached hydrogens (tertiary/aromatic N) is 2. The summed E-state index contributed by atoms with van der Waals surface area (Å²) < 4.78 is 29.9. The van der Waals surface area contributed by atoms with Crippen molar-refractivity contribution in [3.63, 3.8) is 0 Å². The second kappa shape index (κ2) is 6.52. The minimum atomic E-state index is -3.33. The van der Waals surface area contributed by atoms with E-state index in [1.54, 1.807) is 4.31 Å². The molecule has 3 aliphatic rings. The van der Waals surface area contributed by atoms with Gasteiger partial charge < -0.3 is 5.73 Å². The lowest BCUT2D eigenvalue weighted by Gasteiger charge is -2.46. The third kappa shape index (κ3) is 3.00. The van der Waals surface area contributed by atoms with Crippen molar-refractivity contribution in [3.05, 3.63) is 0 Å². The highest BCUT2D eigenvalue weighted by Crippen LogP contribution is 2.38. The van der Waals surface area contributed by atoms with Gasteiger partial charge in [-0.3, -0.25) is 0 Å². The fraction of sp³-hybridized carbons (Fsp3) is 1.00. The first-order valence-corrected chi connectivity index (χ1v) is 10.0. The monoisotopic (exact) mass is 315 g/mol. The van der Waals surface area contributed by atoms with E-state index < -0.39 is 10.2 Å². The third-order valence-electron chi connectivity index (χ3n) is 5.63. The maximum atomic E-state index is 13.2. The van der Waals surface area contributed by atoms with E-state index in [9.17, 15) is 8.42 Å². The van der Waals surface area contributed by atoms with Gasteiger partial charge in [0.1, 0.15) is 0 Å². The van der Waals surface area contributed by atoms with Gasteiger partial charge in [-0.2, -0.15) is 17.0 Å². The zero-order valence-corrected chi connectivity index (χ0v) is 13.7. The Hall–Kier alpha value is -0.170. The molecule has 5 nitrogen and oxygen atoms in total. The number of hydrogen-bond acceptors (Lipinski definition) is 3. The molecule has 1 saturated carbocycles. The molecule has 0 spiro atoms. The average molecular weight is 315 g/mol. The van der Waals surface area contributed by atoms with Gasteiger partial charge in [0.15, 0.2) is 0 Å². The molecule has 3 unspecified atom stereocenters. The summed E-state index contributed by atoms with van der Waals surface area (Å²) in [6.45, 7) is 1.80. The maximum absolute atomic E-state index is 13.2. The van der Waals surface area contributed by atoms with E-state index >= 15 is 0 Å². The Bertz CT molecular complexity index is 452. The summed E-state index contributed by atoms with van der Waals surface area (Å²) in [5.74, 6) is 0.586. The first kappa shape index (κ1) is 15.7. The second-order valence-electron chi connectivity index (χ2n) is 6.87. The molecule has 2 N–H and O–H groups in total. The fourth-order valence-corrected chi connectivity index (χ4v) is 6.69. The summed E-state index contributed by atoms with van der Waals surface area (Å²) in [5, 5.41) is 0. The lowest BCUT2D eigenvalue weighted by molar-refractivity contribution is 0.115. The van der Waals surface area contributed by atoms with Crippen LogP contribution in [0.2, 0.25) is 0 Å². The molecule has 3 rings (SSSR count). The van der Waals surface area contributed by atoms with Gasteiger partial charge >= 0.3 is 0 Å². The Labute approximate surface area is 129 Å². The molecule has 3 atom stereocenters. The predicted octanol–water partition coefficient (Wildman–Crippen LogP) is 1.70. The van der Waals surface area contributed by atoms with Crippen LogP contribution in [-0.2, 0) is 10.2 Å². The number of nitrogens with two attached hydrogens (primary N) is 1. The van der Waals surface area contributed by atoms with E-state index in [0.29, 0.717) is 25.6 Å². The van der Waals surface area contributed by atoms with Crippen molar-refractivity contribution in [1.82, 2.24) is 8.61 Å². The van der Waals surface area contributed by atoms with E-state index in [0.717, 1.165) is 32.1 Å². The highest BCUT2D eigenvalue weighted by atomic mass is 32.2. The molecule has 2 heterocycles. The Morgan fingerprint density at radius 3 is 2.33 bits per heavy atom. The molecule has 122 valence electrons. The molecule has 0 aromatic heterocycles. The zero-order chi connectivity index (χ0) is 14.9. The summed E-state index contributed by atoms with van der Waals surface area (Å²) in [4.78, 5) is 0. The molecule has 0 amide bonds. The van der Waals surface area contributed by atoms with Crippen molar-refractivity contribution in [2.45, 2.75) is 69.9 Å². The number of hydrogen-bond donors (Lipinski definition) is 1. The maximum Gasteiger partial charge on any atom is 0.282 e. The van der Waals surface area contributed by atoms with E-state index in [1.807, 2.05) is 4.31 Å². The zero-order valence-electron chi connectivity index (χ0n) is 12.9. The van der Waals surface area contributed by atoms with Crippen LogP contribution in [0.15, 0.2) is 0 Å². The number of fused-ring (bicyclic) bond motifs is 1.